The van der Waals surface area contributed by atoms with Crippen LogP contribution in [-0.2, 0) is 4.74 Å². The van der Waals surface area contributed by atoms with E-state index >= 15 is 0 Å². The Hall–Kier alpha value is -1.78. The molecule has 2 nitrogen and oxygen atoms in total. The Labute approximate surface area is 96.7 Å². The summed E-state index contributed by atoms with van der Waals surface area (Å²) in [6.45, 7) is 1.82. The lowest BCUT2D eigenvalue weighted by atomic mass is 10.1. The lowest BCUT2D eigenvalue weighted by Crippen LogP contribution is -2.15. The van der Waals surface area contributed by atoms with Crippen LogP contribution < -0.4 is 0 Å². The molecule has 92 valence electrons. The molecule has 0 spiro atoms. The van der Waals surface area contributed by atoms with E-state index in [2.05, 4.69) is 4.74 Å². The molecule has 0 aliphatic rings. The number of allylic oxidation sites excluding steroid dienone is 2. The van der Waals surface area contributed by atoms with Crippen molar-refractivity contribution in [3.05, 3.63) is 47.2 Å². The molecule has 0 aliphatic carbocycles. The summed E-state index contributed by atoms with van der Waals surface area (Å²) in [4.78, 5) is 11.5. The molecule has 0 bridgehead atoms. The quantitative estimate of drug-likeness (QED) is 0.463. The monoisotopic (exact) mass is 244 g/mol. The zero-order valence-corrected chi connectivity index (χ0v) is 9.34. The standard InChI is InChI=1S/C12H11F3O2/c1-8-3-5-9(6-4-8)10(16)7-11(17-2)12(13,14)15/h3-7H,1-2H3/b11-7-. The highest BCUT2D eigenvalue weighted by Crippen LogP contribution is 2.26. The Balaban J connectivity index is 2.98. The molecular formula is C12H11F3O2. The average Bonchev–Trinajstić information content (AvgIpc) is 2.24. The maximum absolute atomic E-state index is 12.3. The molecule has 1 aromatic carbocycles. The summed E-state index contributed by atoms with van der Waals surface area (Å²) in [5.41, 5.74) is 1.11. The highest BCUT2D eigenvalue weighted by atomic mass is 19.4. The van der Waals surface area contributed by atoms with Gasteiger partial charge in [-0.1, -0.05) is 29.8 Å². The Morgan fingerprint density at radius 1 is 1.24 bits per heavy atom. The number of aryl methyl sites for hydroxylation is 1. The van der Waals surface area contributed by atoms with Gasteiger partial charge in [0.25, 0.3) is 0 Å². The van der Waals surface area contributed by atoms with Crippen molar-refractivity contribution in [3.8, 4) is 0 Å². The van der Waals surface area contributed by atoms with Crippen LogP contribution in [0.4, 0.5) is 13.2 Å². The number of hydrogen-bond donors (Lipinski definition) is 0. The van der Waals surface area contributed by atoms with Crippen molar-refractivity contribution in [1.29, 1.82) is 0 Å². The largest absolute Gasteiger partial charge is 0.492 e. The minimum atomic E-state index is -4.66. The van der Waals surface area contributed by atoms with Crippen LogP contribution in [0.15, 0.2) is 36.1 Å². The van der Waals surface area contributed by atoms with Crippen molar-refractivity contribution in [2.24, 2.45) is 0 Å². The van der Waals surface area contributed by atoms with Crippen LogP contribution in [0, 0.1) is 6.92 Å². The van der Waals surface area contributed by atoms with Gasteiger partial charge in [-0.15, -0.1) is 0 Å². The van der Waals surface area contributed by atoms with E-state index < -0.39 is 17.7 Å². The van der Waals surface area contributed by atoms with Crippen molar-refractivity contribution >= 4 is 5.78 Å². The predicted molar refractivity (Wildman–Crippen MR) is 56.7 cm³/mol. The zero-order valence-electron chi connectivity index (χ0n) is 9.34. The molecule has 0 aliphatic heterocycles. The molecule has 0 aromatic heterocycles. The molecule has 0 fully saturated rings. The Morgan fingerprint density at radius 2 is 1.76 bits per heavy atom. The van der Waals surface area contributed by atoms with Crippen molar-refractivity contribution in [3.63, 3.8) is 0 Å². The van der Waals surface area contributed by atoms with Gasteiger partial charge in [-0.3, -0.25) is 4.79 Å². The summed E-state index contributed by atoms with van der Waals surface area (Å²) in [5.74, 6) is -2.04. The number of hydrogen-bond acceptors (Lipinski definition) is 2. The molecule has 0 radical (unpaired) electrons. The van der Waals surface area contributed by atoms with E-state index in [0.717, 1.165) is 12.7 Å². The maximum atomic E-state index is 12.3. The number of rotatable bonds is 3. The second-order valence-corrected chi connectivity index (χ2v) is 3.44. The third-order valence-electron chi connectivity index (χ3n) is 2.10. The van der Waals surface area contributed by atoms with Crippen LogP contribution in [0.3, 0.4) is 0 Å². The first-order chi connectivity index (χ1) is 7.84. The molecule has 5 heteroatoms. The van der Waals surface area contributed by atoms with Crippen molar-refractivity contribution < 1.29 is 22.7 Å². The van der Waals surface area contributed by atoms with Crippen LogP contribution in [0.2, 0.25) is 0 Å². The lowest BCUT2D eigenvalue weighted by Gasteiger charge is -2.09. The average molecular weight is 244 g/mol. The highest BCUT2D eigenvalue weighted by molar-refractivity contribution is 6.04. The van der Waals surface area contributed by atoms with E-state index in [9.17, 15) is 18.0 Å². The maximum Gasteiger partial charge on any atom is 0.449 e. The number of ether oxygens (including phenoxy) is 1. The molecule has 0 amide bonds. The van der Waals surface area contributed by atoms with Crippen LogP contribution >= 0.6 is 0 Å². The Kier molecular flexibility index (Phi) is 3.93. The summed E-state index contributed by atoms with van der Waals surface area (Å²) in [6, 6.07) is 6.25. The van der Waals surface area contributed by atoms with E-state index in [4.69, 9.17) is 0 Å². The smallest absolute Gasteiger partial charge is 0.449 e. The third kappa shape index (κ3) is 3.62. The van der Waals surface area contributed by atoms with Crippen LogP contribution in [0.1, 0.15) is 15.9 Å². The minimum absolute atomic E-state index is 0.189. The predicted octanol–water partition coefficient (Wildman–Crippen LogP) is 3.27. The molecule has 0 heterocycles. The molecule has 1 rings (SSSR count). The van der Waals surface area contributed by atoms with Gasteiger partial charge in [-0.05, 0) is 6.92 Å². The van der Waals surface area contributed by atoms with Gasteiger partial charge in [-0.2, -0.15) is 13.2 Å². The summed E-state index contributed by atoms with van der Waals surface area (Å²) in [7, 11) is 0.877. The number of carbonyl (C=O) groups is 1. The number of halogens is 3. The van der Waals surface area contributed by atoms with Gasteiger partial charge < -0.3 is 4.74 Å². The van der Waals surface area contributed by atoms with Crippen molar-refractivity contribution in [2.45, 2.75) is 13.1 Å². The fourth-order valence-corrected chi connectivity index (χ4v) is 1.18. The van der Waals surface area contributed by atoms with E-state index in [1.807, 2.05) is 6.92 Å². The number of benzene rings is 1. The Morgan fingerprint density at radius 3 is 2.18 bits per heavy atom. The summed E-state index contributed by atoms with van der Waals surface area (Å²) in [5, 5.41) is 0. The minimum Gasteiger partial charge on any atom is -0.492 e. The Bertz CT molecular complexity index is 430. The number of ketones is 1. The SMILES string of the molecule is CO/C(=C\C(=O)c1ccc(C)cc1)C(F)(F)F. The van der Waals surface area contributed by atoms with E-state index in [1.54, 1.807) is 12.1 Å². The summed E-state index contributed by atoms with van der Waals surface area (Å²) in [6.07, 6.45) is -4.21. The molecule has 1 aromatic rings. The zero-order chi connectivity index (χ0) is 13.1. The van der Waals surface area contributed by atoms with Gasteiger partial charge in [0.2, 0.25) is 5.76 Å². The van der Waals surface area contributed by atoms with Gasteiger partial charge in [0.05, 0.1) is 7.11 Å². The van der Waals surface area contributed by atoms with Crippen LogP contribution in [0.5, 0.6) is 0 Å². The second kappa shape index (κ2) is 5.03. The fourth-order valence-electron chi connectivity index (χ4n) is 1.18. The third-order valence-corrected chi connectivity index (χ3v) is 2.10. The van der Waals surface area contributed by atoms with E-state index in [1.165, 1.54) is 12.1 Å². The fraction of sp³-hybridized carbons (Fsp3) is 0.250. The van der Waals surface area contributed by atoms with Gasteiger partial charge >= 0.3 is 6.18 Å². The number of methoxy groups -OCH3 is 1. The number of alkyl halides is 3. The molecule has 0 N–H and O–H groups in total. The van der Waals surface area contributed by atoms with Crippen LogP contribution in [0.25, 0.3) is 0 Å². The van der Waals surface area contributed by atoms with Crippen molar-refractivity contribution in [2.75, 3.05) is 7.11 Å². The molecular weight excluding hydrogens is 233 g/mol. The van der Waals surface area contributed by atoms with Gasteiger partial charge in [-0.25, -0.2) is 0 Å². The van der Waals surface area contributed by atoms with Gasteiger partial charge in [0.1, 0.15) is 0 Å². The molecule has 0 saturated carbocycles. The van der Waals surface area contributed by atoms with Crippen LogP contribution in [-0.4, -0.2) is 19.1 Å². The van der Waals surface area contributed by atoms with Gasteiger partial charge in [0.15, 0.2) is 5.78 Å². The summed E-state index contributed by atoms with van der Waals surface area (Å²) >= 11 is 0. The second-order valence-electron chi connectivity index (χ2n) is 3.44. The van der Waals surface area contributed by atoms with E-state index in [0.29, 0.717) is 6.08 Å². The van der Waals surface area contributed by atoms with Crippen molar-refractivity contribution in [1.82, 2.24) is 0 Å². The first kappa shape index (κ1) is 13.3. The van der Waals surface area contributed by atoms with E-state index in [-0.39, 0.29) is 5.56 Å². The number of carbonyl (C=O) groups excluding carboxylic acids is 1. The molecule has 0 unspecified atom stereocenters. The normalized spacial score (nSPS) is 12.4. The molecule has 17 heavy (non-hydrogen) atoms. The highest BCUT2D eigenvalue weighted by Gasteiger charge is 2.35. The topological polar surface area (TPSA) is 26.3 Å². The molecule has 0 saturated heterocycles. The lowest BCUT2D eigenvalue weighted by molar-refractivity contribution is -0.125. The first-order valence-corrected chi connectivity index (χ1v) is 4.78. The summed E-state index contributed by atoms with van der Waals surface area (Å²) < 4.78 is 41.1. The first-order valence-electron chi connectivity index (χ1n) is 4.78. The van der Waals surface area contributed by atoms with Gasteiger partial charge in [0, 0.05) is 11.6 Å². The molecule has 0 atom stereocenters.